The minimum absolute atomic E-state index is 0.187. The van der Waals surface area contributed by atoms with Crippen LogP contribution in [0.5, 0.6) is 0 Å². The highest BCUT2D eigenvalue weighted by atomic mass is 19.4. The van der Waals surface area contributed by atoms with Gasteiger partial charge in [0, 0.05) is 5.69 Å². The third-order valence-electron chi connectivity index (χ3n) is 3.30. The first-order valence-corrected chi connectivity index (χ1v) is 6.61. The Morgan fingerprint density at radius 3 is 1.87 bits per heavy atom. The van der Waals surface area contributed by atoms with E-state index in [1.165, 1.54) is 26.0 Å². The average Bonchev–Trinajstić information content (AvgIpc) is 2.40. The molecule has 0 radical (unpaired) electrons. The maximum absolute atomic E-state index is 13.1. The molecule has 0 aromatic heterocycles. The summed E-state index contributed by atoms with van der Waals surface area (Å²) in [6.45, 7) is 2.93. The van der Waals surface area contributed by atoms with Crippen LogP contribution in [-0.2, 0) is 12.4 Å². The summed E-state index contributed by atoms with van der Waals surface area (Å²) < 4.78 is 77.1. The molecule has 1 nitrogen and oxygen atoms in total. The van der Waals surface area contributed by atoms with Gasteiger partial charge in [0.15, 0.2) is 0 Å². The Labute approximate surface area is 128 Å². The van der Waals surface area contributed by atoms with Crippen LogP contribution in [0.1, 0.15) is 22.3 Å². The molecule has 0 aliphatic rings. The number of hydrogen-bond donors (Lipinski definition) is 1. The normalized spacial score (nSPS) is 12.3. The zero-order valence-electron chi connectivity index (χ0n) is 12.2. The molecule has 2 rings (SSSR count). The number of anilines is 2. The van der Waals surface area contributed by atoms with Crippen LogP contribution in [0, 0.1) is 13.8 Å². The number of hydrogen-bond acceptors (Lipinski definition) is 1. The largest absolute Gasteiger partial charge is 0.418 e. The maximum atomic E-state index is 13.1. The molecule has 0 aliphatic heterocycles. The molecule has 0 unspecified atom stereocenters. The minimum atomic E-state index is -4.56. The number of alkyl halides is 6. The fraction of sp³-hybridized carbons (Fsp3) is 0.250. The van der Waals surface area contributed by atoms with Crippen molar-refractivity contribution in [2.24, 2.45) is 0 Å². The van der Waals surface area contributed by atoms with Crippen molar-refractivity contribution in [2.75, 3.05) is 5.32 Å². The monoisotopic (exact) mass is 333 g/mol. The van der Waals surface area contributed by atoms with Gasteiger partial charge in [0.1, 0.15) is 0 Å². The summed E-state index contributed by atoms with van der Waals surface area (Å²) in [5.74, 6) is 0. The van der Waals surface area contributed by atoms with Crippen LogP contribution in [0.4, 0.5) is 37.7 Å². The van der Waals surface area contributed by atoms with E-state index in [4.69, 9.17) is 0 Å². The van der Waals surface area contributed by atoms with E-state index >= 15 is 0 Å². The molecule has 7 heteroatoms. The van der Waals surface area contributed by atoms with Crippen molar-refractivity contribution in [3.05, 3.63) is 58.7 Å². The molecule has 0 saturated carbocycles. The van der Waals surface area contributed by atoms with E-state index in [2.05, 4.69) is 5.32 Å². The molecular weight excluding hydrogens is 320 g/mol. The second-order valence-electron chi connectivity index (χ2n) is 5.20. The number of rotatable bonds is 2. The Hall–Kier alpha value is -2.18. The van der Waals surface area contributed by atoms with Gasteiger partial charge in [-0.15, -0.1) is 0 Å². The number of benzene rings is 2. The molecule has 0 aliphatic carbocycles. The number of nitrogens with one attached hydrogen (secondary N) is 1. The van der Waals surface area contributed by atoms with Crippen molar-refractivity contribution in [1.29, 1.82) is 0 Å². The van der Waals surface area contributed by atoms with Gasteiger partial charge in [0.05, 0.1) is 16.8 Å². The molecule has 23 heavy (non-hydrogen) atoms. The van der Waals surface area contributed by atoms with Crippen LogP contribution in [0.25, 0.3) is 0 Å². The summed E-state index contributed by atoms with van der Waals surface area (Å²) in [5.41, 5.74) is -1.09. The Balaban J connectivity index is 2.41. The summed E-state index contributed by atoms with van der Waals surface area (Å²) >= 11 is 0. The minimum Gasteiger partial charge on any atom is -0.355 e. The summed E-state index contributed by atoms with van der Waals surface area (Å²) in [4.78, 5) is 0. The third kappa shape index (κ3) is 3.97. The van der Waals surface area contributed by atoms with Crippen molar-refractivity contribution in [3.63, 3.8) is 0 Å². The SMILES string of the molecule is Cc1ccc(Nc2ccc(C(F)(F)F)cc2C)c(C(F)(F)F)c1. The smallest absolute Gasteiger partial charge is 0.355 e. The lowest BCUT2D eigenvalue weighted by Crippen LogP contribution is -2.10. The lowest BCUT2D eigenvalue weighted by molar-refractivity contribution is -0.138. The van der Waals surface area contributed by atoms with Gasteiger partial charge in [0.25, 0.3) is 0 Å². The molecule has 0 amide bonds. The fourth-order valence-corrected chi connectivity index (χ4v) is 2.13. The van der Waals surface area contributed by atoms with Crippen LogP contribution >= 0.6 is 0 Å². The first kappa shape index (κ1) is 17.2. The zero-order chi connectivity index (χ0) is 17.4. The van der Waals surface area contributed by atoms with Crippen molar-refractivity contribution in [2.45, 2.75) is 26.2 Å². The maximum Gasteiger partial charge on any atom is 0.418 e. The summed E-state index contributed by atoms with van der Waals surface area (Å²) in [7, 11) is 0. The van der Waals surface area contributed by atoms with E-state index in [1.807, 2.05) is 0 Å². The summed E-state index contributed by atoms with van der Waals surface area (Å²) in [6, 6.07) is 6.59. The summed E-state index contributed by atoms with van der Waals surface area (Å²) in [6.07, 6.45) is -9.06. The van der Waals surface area contributed by atoms with Crippen LogP contribution in [0.15, 0.2) is 36.4 Å². The third-order valence-corrected chi connectivity index (χ3v) is 3.30. The van der Waals surface area contributed by atoms with Crippen LogP contribution in [0.2, 0.25) is 0 Å². The quantitative estimate of drug-likeness (QED) is 0.656. The second kappa shape index (κ2) is 5.79. The Kier molecular flexibility index (Phi) is 4.32. The van der Waals surface area contributed by atoms with Gasteiger partial charge in [-0.25, -0.2) is 0 Å². The van der Waals surface area contributed by atoms with E-state index < -0.39 is 23.5 Å². The second-order valence-corrected chi connectivity index (χ2v) is 5.20. The van der Waals surface area contributed by atoms with Gasteiger partial charge in [-0.1, -0.05) is 11.6 Å². The van der Waals surface area contributed by atoms with Gasteiger partial charge >= 0.3 is 12.4 Å². The molecule has 0 spiro atoms. The van der Waals surface area contributed by atoms with E-state index in [-0.39, 0.29) is 16.9 Å². The molecule has 0 atom stereocenters. The van der Waals surface area contributed by atoms with Gasteiger partial charge in [0.2, 0.25) is 0 Å². The van der Waals surface area contributed by atoms with Gasteiger partial charge in [-0.2, -0.15) is 26.3 Å². The number of halogens is 6. The predicted molar refractivity (Wildman–Crippen MR) is 75.6 cm³/mol. The Bertz CT molecular complexity index is 715. The van der Waals surface area contributed by atoms with E-state index in [0.717, 1.165) is 24.3 Å². The molecule has 0 saturated heterocycles. The Morgan fingerprint density at radius 1 is 0.739 bits per heavy atom. The average molecular weight is 333 g/mol. The first-order chi connectivity index (χ1) is 10.5. The lowest BCUT2D eigenvalue weighted by atomic mass is 10.1. The molecule has 124 valence electrons. The highest BCUT2D eigenvalue weighted by Crippen LogP contribution is 2.38. The fourth-order valence-electron chi connectivity index (χ4n) is 2.13. The van der Waals surface area contributed by atoms with E-state index in [0.29, 0.717) is 5.56 Å². The predicted octanol–water partition coefficient (Wildman–Crippen LogP) is 6.08. The molecule has 2 aromatic rings. The molecular formula is C16H13F6N. The topological polar surface area (TPSA) is 12.0 Å². The van der Waals surface area contributed by atoms with E-state index in [1.54, 1.807) is 0 Å². The molecule has 0 fully saturated rings. The van der Waals surface area contributed by atoms with Crippen LogP contribution in [-0.4, -0.2) is 0 Å². The molecule has 1 N–H and O–H groups in total. The summed E-state index contributed by atoms with van der Waals surface area (Å²) in [5, 5.41) is 2.57. The van der Waals surface area contributed by atoms with Crippen LogP contribution < -0.4 is 5.32 Å². The van der Waals surface area contributed by atoms with Gasteiger partial charge in [-0.05, 0) is 49.7 Å². The van der Waals surface area contributed by atoms with Gasteiger partial charge in [-0.3, -0.25) is 0 Å². The molecule has 2 aromatic carbocycles. The standard InChI is InChI=1S/C16H13F6N/c1-9-3-5-14(12(7-9)16(20,21)22)23-13-6-4-11(8-10(13)2)15(17,18)19/h3-8,23H,1-2H3. The Morgan fingerprint density at radius 2 is 1.35 bits per heavy atom. The van der Waals surface area contributed by atoms with Gasteiger partial charge < -0.3 is 5.32 Å². The van der Waals surface area contributed by atoms with Crippen molar-refractivity contribution < 1.29 is 26.3 Å². The van der Waals surface area contributed by atoms with Crippen molar-refractivity contribution >= 4 is 11.4 Å². The van der Waals surface area contributed by atoms with Crippen LogP contribution in [0.3, 0.4) is 0 Å². The number of aryl methyl sites for hydroxylation is 2. The van der Waals surface area contributed by atoms with E-state index in [9.17, 15) is 26.3 Å². The molecule has 0 bridgehead atoms. The first-order valence-electron chi connectivity index (χ1n) is 6.61. The lowest BCUT2D eigenvalue weighted by Gasteiger charge is -2.17. The zero-order valence-corrected chi connectivity index (χ0v) is 12.2. The van der Waals surface area contributed by atoms with Crippen molar-refractivity contribution in [1.82, 2.24) is 0 Å². The van der Waals surface area contributed by atoms with Crippen molar-refractivity contribution in [3.8, 4) is 0 Å². The molecule has 0 heterocycles. The highest BCUT2D eigenvalue weighted by Gasteiger charge is 2.34. The highest BCUT2D eigenvalue weighted by molar-refractivity contribution is 5.67.